The molecule has 1 radical (unpaired) electrons. The standard InChI is InChI=1S/C26H21N2O.C25H20N.Ir/c1-17-15-24(27-16-18(17)2)23-10-6-9-21-22-14-13-20(28-26(22)29-25(21)23)12-11-19-7-4-3-5-8-19;1-18-13-14-22(15-23(18)20-9-5-3-6-10-20)25-16-24(19(2)17-26-25)21-11-7-4-8-12-21;/h3-9,13-16H,11-12H2,1-2H3;3-13,15-17H,1-2H3;/q2*-1;. The van der Waals surface area contributed by atoms with Crippen molar-refractivity contribution in [3.8, 4) is 44.8 Å². The van der Waals surface area contributed by atoms with E-state index in [2.05, 4.69) is 159 Å². The van der Waals surface area contributed by atoms with Gasteiger partial charge in [0.2, 0.25) is 5.71 Å². The third-order valence-corrected chi connectivity index (χ3v) is 10.2. The normalized spacial score (nSPS) is 10.9. The van der Waals surface area contributed by atoms with E-state index in [-0.39, 0.29) is 20.1 Å². The van der Waals surface area contributed by atoms with Gasteiger partial charge in [0.05, 0.1) is 5.58 Å². The van der Waals surface area contributed by atoms with E-state index in [1.54, 1.807) is 0 Å². The van der Waals surface area contributed by atoms with Crippen LogP contribution >= 0.6 is 0 Å². The van der Waals surface area contributed by atoms with Gasteiger partial charge in [-0.3, -0.25) is 0 Å². The Labute approximate surface area is 342 Å². The zero-order chi connectivity index (χ0) is 37.7. The molecule has 277 valence electrons. The van der Waals surface area contributed by atoms with Gasteiger partial charge in [0.1, 0.15) is 0 Å². The number of aryl methyl sites for hydroxylation is 6. The molecule has 0 atom stereocenters. The molecule has 0 unspecified atom stereocenters. The summed E-state index contributed by atoms with van der Waals surface area (Å²) in [7, 11) is 0. The minimum Gasteiger partial charge on any atom is -0.486 e. The third-order valence-electron chi connectivity index (χ3n) is 10.2. The topological polar surface area (TPSA) is 51.8 Å². The monoisotopic (exact) mass is 904 g/mol. The SMILES string of the molecule is Cc1c[c-]c(-c2cc(-c3ccccc3)c(C)cn2)cc1-c1ccccc1.Cc1cnc(-c2[c-]ccc3c2oc2nc(CCc4ccccc4)ccc23)cc1C.[Ir]. The van der Waals surface area contributed by atoms with Crippen molar-refractivity contribution >= 4 is 22.1 Å². The van der Waals surface area contributed by atoms with Gasteiger partial charge in [-0.2, -0.15) is 0 Å². The fourth-order valence-electron chi connectivity index (χ4n) is 6.91. The number of aromatic nitrogens is 3. The number of rotatable bonds is 7. The molecular weight excluding hydrogens is 863 g/mol. The van der Waals surface area contributed by atoms with Gasteiger partial charge in [-0.25, -0.2) is 4.98 Å². The Hall–Kier alpha value is -6.00. The van der Waals surface area contributed by atoms with Crippen LogP contribution in [0.15, 0.2) is 156 Å². The third kappa shape index (κ3) is 8.30. The number of benzene rings is 5. The molecule has 5 heteroatoms. The zero-order valence-corrected chi connectivity index (χ0v) is 34.3. The number of nitrogens with zero attached hydrogens (tertiary/aromatic N) is 3. The summed E-state index contributed by atoms with van der Waals surface area (Å²) in [5.74, 6) is 0. The van der Waals surface area contributed by atoms with Crippen LogP contribution in [0.4, 0.5) is 0 Å². The summed E-state index contributed by atoms with van der Waals surface area (Å²) in [5, 5.41) is 2.08. The van der Waals surface area contributed by atoms with E-state index >= 15 is 0 Å². The van der Waals surface area contributed by atoms with Crippen LogP contribution in [0, 0.1) is 39.8 Å². The van der Waals surface area contributed by atoms with Crippen LogP contribution in [-0.2, 0) is 32.9 Å². The molecule has 0 aliphatic rings. The predicted molar refractivity (Wildman–Crippen MR) is 226 cm³/mol. The Morgan fingerprint density at radius 1 is 0.554 bits per heavy atom. The van der Waals surface area contributed by atoms with Gasteiger partial charge >= 0.3 is 0 Å². The zero-order valence-electron chi connectivity index (χ0n) is 31.9. The second-order valence-corrected chi connectivity index (χ2v) is 14.1. The van der Waals surface area contributed by atoms with Crippen molar-refractivity contribution in [3.05, 3.63) is 198 Å². The van der Waals surface area contributed by atoms with Crippen LogP contribution in [0.1, 0.15) is 33.5 Å². The summed E-state index contributed by atoms with van der Waals surface area (Å²) in [6.07, 6.45) is 5.70. The number of fused-ring (bicyclic) bond motifs is 3. The minimum absolute atomic E-state index is 0. The van der Waals surface area contributed by atoms with Crippen molar-refractivity contribution in [2.45, 2.75) is 40.5 Å². The van der Waals surface area contributed by atoms with Crippen molar-refractivity contribution in [3.63, 3.8) is 0 Å². The van der Waals surface area contributed by atoms with Gasteiger partial charge in [0.25, 0.3) is 0 Å². The number of hydrogen-bond acceptors (Lipinski definition) is 4. The molecule has 5 aromatic carbocycles. The van der Waals surface area contributed by atoms with Gasteiger partial charge in [0.15, 0.2) is 0 Å². The summed E-state index contributed by atoms with van der Waals surface area (Å²) >= 11 is 0. The Bertz CT molecular complexity index is 2660. The molecule has 56 heavy (non-hydrogen) atoms. The van der Waals surface area contributed by atoms with Gasteiger partial charge in [0, 0.05) is 43.6 Å². The molecule has 9 aromatic rings. The predicted octanol–water partition coefficient (Wildman–Crippen LogP) is 12.7. The van der Waals surface area contributed by atoms with E-state index < -0.39 is 0 Å². The quantitative estimate of drug-likeness (QED) is 0.150. The Balaban J connectivity index is 0.000000170. The molecule has 0 bridgehead atoms. The van der Waals surface area contributed by atoms with Crippen LogP contribution in [0.25, 0.3) is 66.8 Å². The van der Waals surface area contributed by atoms with E-state index in [4.69, 9.17) is 9.40 Å². The number of furan rings is 1. The molecular formula is C51H41IrN3O-2. The first-order valence-corrected chi connectivity index (χ1v) is 18.7. The molecule has 0 spiro atoms. The fourth-order valence-corrected chi connectivity index (χ4v) is 6.91. The van der Waals surface area contributed by atoms with Crippen molar-refractivity contribution in [2.75, 3.05) is 0 Å². The summed E-state index contributed by atoms with van der Waals surface area (Å²) in [5.41, 5.74) is 17.2. The first-order valence-electron chi connectivity index (χ1n) is 18.7. The average Bonchev–Trinajstić information content (AvgIpc) is 3.61. The molecule has 4 heterocycles. The van der Waals surface area contributed by atoms with Crippen molar-refractivity contribution in [1.29, 1.82) is 0 Å². The Kier molecular flexibility index (Phi) is 11.8. The first kappa shape index (κ1) is 38.3. The van der Waals surface area contributed by atoms with E-state index in [9.17, 15) is 0 Å². The Morgan fingerprint density at radius 3 is 1.89 bits per heavy atom. The van der Waals surface area contributed by atoms with E-state index in [0.29, 0.717) is 5.71 Å². The molecule has 0 aliphatic carbocycles. The first-order chi connectivity index (χ1) is 26.9. The average molecular weight is 904 g/mol. The minimum atomic E-state index is 0. The molecule has 0 saturated carbocycles. The van der Waals surface area contributed by atoms with Crippen molar-refractivity contribution in [2.24, 2.45) is 0 Å². The molecule has 0 fully saturated rings. The van der Waals surface area contributed by atoms with Crippen LogP contribution in [-0.4, -0.2) is 15.0 Å². The maximum Gasteiger partial charge on any atom is 0.216 e. The van der Waals surface area contributed by atoms with Crippen LogP contribution in [0.5, 0.6) is 0 Å². The molecule has 0 amide bonds. The van der Waals surface area contributed by atoms with Crippen molar-refractivity contribution in [1.82, 2.24) is 15.0 Å². The summed E-state index contributed by atoms with van der Waals surface area (Å²) < 4.78 is 6.22. The molecule has 0 N–H and O–H groups in total. The van der Waals surface area contributed by atoms with Gasteiger partial charge in [-0.05, 0) is 90.5 Å². The van der Waals surface area contributed by atoms with Crippen LogP contribution < -0.4 is 0 Å². The summed E-state index contributed by atoms with van der Waals surface area (Å²) in [4.78, 5) is 14.1. The van der Waals surface area contributed by atoms with Gasteiger partial charge in [-0.15, -0.1) is 47.5 Å². The molecule has 0 saturated heterocycles. The maximum absolute atomic E-state index is 6.22. The number of pyridine rings is 3. The van der Waals surface area contributed by atoms with Gasteiger partial charge < -0.3 is 14.4 Å². The fraction of sp³-hybridized carbons (Fsp3) is 0.118. The summed E-state index contributed by atoms with van der Waals surface area (Å²) in [6.45, 7) is 8.40. The van der Waals surface area contributed by atoms with E-state index in [1.807, 2.05) is 42.7 Å². The van der Waals surface area contributed by atoms with Crippen LogP contribution in [0.2, 0.25) is 0 Å². The van der Waals surface area contributed by atoms with E-state index in [0.717, 1.165) is 57.4 Å². The molecule has 4 nitrogen and oxygen atoms in total. The Morgan fingerprint density at radius 2 is 1.20 bits per heavy atom. The second kappa shape index (κ2) is 17.2. The largest absolute Gasteiger partial charge is 0.486 e. The van der Waals surface area contributed by atoms with E-state index in [1.165, 1.54) is 50.1 Å². The smallest absolute Gasteiger partial charge is 0.216 e. The molecule has 4 aromatic heterocycles. The summed E-state index contributed by atoms with van der Waals surface area (Å²) in [6, 6.07) is 54.8. The maximum atomic E-state index is 6.22. The molecule has 0 aliphatic heterocycles. The van der Waals surface area contributed by atoms with Crippen molar-refractivity contribution < 1.29 is 24.5 Å². The van der Waals surface area contributed by atoms with Gasteiger partial charge in [-0.1, -0.05) is 132 Å². The number of hydrogen-bond donors (Lipinski definition) is 0. The second-order valence-electron chi connectivity index (χ2n) is 14.1. The van der Waals surface area contributed by atoms with Crippen LogP contribution in [0.3, 0.4) is 0 Å². The molecule has 9 rings (SSSR count).